The predicted molar refractivity (Wildman–Crippen MR) is 102 cm³/mol. The van der Waals surface area contributed by atoms with E-state index in [1.807, 2.05) is 0 Å². The minimum absolute atomic E-state index is 0.0660. The summed E-state index contributed by atoms with van der Waals surface area (Å²) < 4.78 is 51.5. The predicted octanol–water partition coefficient (Wildman–Crippen LogP) is 2.60. The third kappa shape index (κ3) is 4.99. The number of hydrogen-bond donors (Lipinski definition) is 2. The van der Waals surface area contributed by atoms with Gasteiger partial charge in [-0.1, -0.05) is 6.07 Å². The lowest BCUT2D eigenvalue weighted by molar-refractivity contribution is -0.116. The van der Waals surface area contributed by atoms with Crippen molar-refractivity contribution >= 4 is 21.6 Å². The maximum atomic E-state index is 13.5. The SMILES string of the molecule is Cc1ccc(NC(=O)CCCNS(=O)(=O)c2ccc3c(c2)OCCO3)cc1F. The van der Waals surface area contributed by atoms with Gasteiger partial charge in [-0.2, -0.15) is 0 Å². The normalized spacial score (nSPS) is 13.2. The molecular weight excluding hydrogens is 387 g/mol. The number of hydrogen-bond acceptors (Lipinski definition) is 5. The molecule has 1 heterocycles. The average Bonchev–Trinajstić information content (AvgIpc) is 2.68. The van der Waals surface area contributed by atoms with Crippen molar-refractivity contribution in [3.63, 3.8) is 0 Å². The Labute approximate surface area is 162 Å². The van der Waals surface area contributed by atoms with Gasteiger partial charge >= 0.3 is 0 Å². The summed E-state index contributed by atoms with van der Waals surface area (Å²) in [6.45, 7) is 2.51. The number of sulfonamides is 1. The molecule has 9 heteroatoms. The zero-order valence-corrected chi connectivity index (χ0v) is 16.1. The maximum absolute atomic E-state index is 13.5. The van der Waals surface area contributed by atoms with Gasteiger partial charge in [-0.05, 0) is 43.2 Å². The van der Waals surface area contributed by atoms with Crippen molar-refractivity contribution in [2.75, 3.05) is 25.1 Å². The van der Waals surface area contributed by atoms with Crippen molar-refractivity contribution in [1.82, 2.24) is 4.72 Å². The van der Waals surface area contributed by atoms with E-state index in [4.69, 9.17) is 9.47 Å². The fraction of sp³-hybridized carbons (Fsp3) is 0.316. The Morgan fingerprint density at radius 1 is 1.11 bits per heavy atom. The van der Waals surface area contributed by atoms with Crippen LogP contribution in [0.3, 0.4) is 0 Å². The van der Waals surface area contributed by atoms with Gasteiger partial charge in [0.05, 0.1) is 4.90 Å². The van der Waals surface area contributed by atoms with Crippen LogP contribution in [0.5, 0.6) is 11.5 Å². The van der Waals surface area contributed by atoms with Gasteiger partial charge in [-0.15, -0.1) is 0 Å². The molecule has 1 amide bonds. The first kappa shape index (κ1) is 20.1. The van der Waals surface area contributed by atoms with Gasteiger partial charge in [-0.3, -0.25) is 4.79 Å². The minimum Gasteiger partial charge on any atom is -0.486 e. The van der Waals surface area contributed by atoms with Gasteiger partial charge in [0.15, 0.2) is 11.5 Å². The molecule has 1 aliphatic heterocycles. The Morgan fingerprint density at radius 2 is 1.86 bits per heavy atom. The Morgan fingerprint density at radius 3 is 2.61 bits per heavy atom. The molecule has 0 unspecified atom stereocenters. The lowest BCUT2D eigenvalue weighted by Crippen LogP contribution is -2.26. The van der Waals surface area contributed by atoms with Crippen LogP contribution in [0.4, 0.5) is 10.1 Å². The number of ether oxygens (including phenoxy) is 2. The van der Waals surface area contributed by atoms with Gasteiger partial charge in [0.25, 0.3) is 0 Å². The molecule has 2 N–H and O–H groups in total. The smallest absolute Gasteiger partial charge is 0.240 e. The summed E-state index contributed by atoms with van der Waals surface area (Å²) in [5.41, 5.74) is 0.858. The maximum Gasteiger partial charge on any atom is 0.240 e. The summed E-state index contributed by atoms with van der Waals surface area (Å²) in [6.07, 6.45) is 0.392. The summed E-state index contributed by atoms with van der Waals surface area (Å²) in [6, 6.07) is 8.84. The van der Waals surface area contributed by atoms with Gasteiger partial charge in [-0.25, -0.2) is 17.5 Å². The van der Waals surface area contributed by atoms with Crippen LogP contribution in [0.1, 0.15) is 18.4 Å². The molecule has 0 atom stereocenters. The second-order valence-electron chi connectivity index (χ2n) is 6.32. The number of fused-ring (bicyclic) bond motifs is 1. The van der Waals surface area contributed by atoms with E-state index in [0.717, 1.165) is 0 Å². The molecule has 0 fully saturated rings. The highest BCUT2D eigenvalue weighted by molar-refractivity contribution is 7.89. The molecule has 7 nitrogen and oxygen atoms in total. The Balaban J connectivity index is 1.48. The largest absolute Gasteiger partial charge is 0.486 e. The highest BCUT2D eigenvalue weighted by atomic mass is 32.2. The van der Waals surface area contributed by atoms with E-state index in [1.54, 1.807) is 25.1 Å². The van der Waals surface area contributed by atoms with Crippen LogP contribution in [0.15, 0.2) is 41.3 Å². The van der Waals surface area contributed by atoms with Gasteiger partial charge in [0, 0.05) is 24.7 Å². The van der Waals surface area contributed by atoms with Crippen molar-refractivity contribution in [2.24, 2.45) is 0 Å². The van der Waals surface area contributed by atoms with Crippen LogP contribution in [-0.2, 0) is 14.8 Å². The van der Waals surface area contributed by atoms with Crippen molar-refractivity contribution in [1.29, 1.82) is 0 Å². The van der Waals surface area contributed by atoms with Crippen LogP contribution in [0, 0.1) is 12.7 Å². The minimum atomic E-state index is -3.73. The van der Waals surface area contributed by atoms with Crippen molar-refractivity contribution in [3.8, 4) is 11.5 Å². The summed E-state index contributed by atoms with van der Waals surface area (Å²) in [5.74, 6) is 0.181. The molecular formula is C19H21FN2O5S. The molecule has 2 aromatic rings. The molecule has 0 aromatic heterocycles. The van der Waals surface area contributed by atoms with E-state index in [-0.39, 0.29) is 23.8 Å². The molecule has 0 aliphatic carbocycles. The average molecular weight is 408 g/mol. The molecule has 2 aromatic carbocycles. The zero-order chi connectivity index (χ0) is 20.1. The molecule has 150 valence electrons. The van der Waals surface area contributed by atoms with Gasteiger partial charge < -0.3 is 14.8 Å². The van der Waals surface area contributed by atoms with E-state index in [2.05, 4.69) is 10.0 Å². The molecule has 0 radical (unpaired) electrons. The van der Waals surface area contributed by atoms with Crippen molar-refractivity contribution < 1.29 is 27.1 Å². The highest BCUT2D eigenvalue weighted by Crippen LogP contribution is 2.32. The molecule has 0 saturated carbocycles. The first-order chi connectivity index (χ1) is 13.3. The van der Waals surface area contributed by atoms with E-state index in [0.29, 0.717) is 42.4 Å². The number of benzene rings is 2. The number of carbonyl (C=O) groups is 1. The molecule has 0 saturated heterocycles. The molecule has 0 spiro atoms. The van der Waals surface area contributed by atoms with E-state index in [9.17, 15) is 17.6 Å². The number of carbonyl (C=O) groups excluding carboxylic acids is 1. The highest BCUT2D eigenvalue weighted by Gasteiger charge is 2.19. The fourth-order valence-electron chi connectivity index (χ4n) is 2.62. The summed E-state index contributed by atoms with van der Waals surface area (Å²) in [5, 5.41) is 2.59. The number of nitrogens with one attached hydrogen (secondary N) is 2. The summed E-state index contributed by atoms with van der Waals surface area (Å²) in [7, 11) is -3.73. The summed E-state index contributed by atoms with van der Waals surface area (Å²) in [4.78, 5) is 12.0. The van der Waals surface area contributed by atoms with Crippen LogP contribution >= 0.6 is 0 Å². The second kappa shape index (κ2) is 8.57. The number of rotatable bonds is 7. The monoisotopic (exact) mass is 408 g/mol. The Bertz CT molecular complexity index is 978. The lowest BCUT2D eigenvalue weighted by Gasteiger charge is -2.18. The van der Waals surface area contributed by atoms with E-state index >= 15 is 0 Å². The van der Waals surface area contributed by atoms with Gasteiger partial charge in [0.2, 0.25) is 15.9 Å². The third-order valence-corrected chi connectivity index (χ3v) is 5.61. The third-order valence-electron chi connectivity index (χ3n) is 4.15. The number of anilines is 1. The van der Waals surface area contributed by atoms with Crippen LogP contribution in [0.25, 0.3) is 0 Å². The standard InChI is InChI=1S/C19H21FN2O5S/c1-13-4-5-14(11-16(13)20)22-19(23)3-2-8-21-28(24,25)15-6-7-17-18(12-15)27-10-9-26-17/h4-7,11-12,21H,2-3,8-10H2,1H3,(H,22,23). The molecule has 1 aliphatic rings. The topological polar surface area (TPSA) is 93.7 Å². The quantitative estimate of drug-likeness (QED) is 0.687. The Kier molecular flexibility index (Phi) is 6.15. The second-order valence-corrected chi connectivity index (χ2v) is 8.09. The van der Waals surface area contributed by atoms with E-state index < -0.39 is 15.8 Å². The summed E-state index contributed by atoms with van der Waals surface area (Å²) >= 11 is 0. The lowest BCUT2D eigenvalue weighted by atomic mass is 10.2. The molecule has 28 heavy (non-hydrogen) atoms. The first-order valence-electron chi connectivity index (χ1n) is 8.80. The first-order valence-corrected chi connectivity index (χ1v) is 10.3. The Hall–Kier alpha value is -2.65. The van der Waals surface area contributed by atoms with Gasteiger partial charge in [0.1, 0.15) is 19.0 Å². The van der Waals surface area contributed by atoms with E-state index in [1.165, 1.54) is 18.2 Å². The molecule has 3 rings (SSSR count). The van der Waals surface area contributed by atoms with Crippen LogP contribution < -0.4 is 19.5 Å². The zero-order valence-electron chi connectivity index (χ0n) is 15.3. The van der Waals surface area contributed by atoms with Crippen LogP contribution in [0.2, 0.25) is 0 Å². The number of aryl methyl sites for hydroxylation is 1. The fourth-order valence-corrected chi connectivity index (χ4v) is 3.71. The molecule has 0 bridgehead atoms. The number of halogens is 1. The van der Waals surface area contributed by atoms with Crippen LogP contribution in [-0.4, -0.2) is 34.1 Å². The number of amides is 1. The van der Waals surface area contributed by atoms with Crippen molar-refractivity contribution in [3.05, 3.63) is 47.8 Å². The van der Waals surface area contributed by atoms with Crippen molar-refractivity contribution in [2.45, 2.75) is 24.7 Å².